The number of aliphatic hydroxyl groups excluding tert-OH is 1. The van der Waals surface area contributed by atoms with Gasteiger partial charge in [0, 0.05) is 25.8 Å². The highest BCUT2D eigenvalue weighted by Crippen LogP contribution is 2.25. The Morgan fingerprint density at radius 3 is 2.59 bits per heavy atom. The number of aliphatic hydroxyl groups is 2. The van der Waals surface area contributed by atoms with E-state index < -0.39 is 51.4 Å². The van der Waals surface area contributed by atoms with Crippen LogP contribution in [0.1, 0.15) is 30.6 Å². The molecule has 9 heteroatoms. The van der Waals surface area contributed by atoms with Gasteiger partial charge in [0.2, 0.25) is 5.43 Å². The van der Waals surface area contributed by atoms with E-state index >= 15 is 0 Å². The van der Waals surface area contributed by atoms with Gasteiger partial charge in [-0.15, -0.1) is 0 Å². The molecule has 2 heterocycles. The first-order chi connectivity index (χ1) is 12.6. The molecule has 6 nitrogen and oxygen atoms in total. The van der Waals surface area contributed by atoms with E-state index in [2.05, 4.69) is 0 Å². The number of nitrogens with zero attached hydrogens (tertiary/aromatic N) is 2. The summed E-state index contributed by atoms with van der Waals surface area (Å²) in [6.07, 6.45) is 0.00395. The minimum Gasteiger partial charge on any atom is -0.388 e. The maximum atomic E-state index is 14.2. The number of carbonyl (C=O) groups is 1. The van der Waals surface area contributed by atoms with Gasteiger partial charge in [0.25, 0.3) is 5.91 Å². The van der Waals surface area contributed by atoms with Gasteiger partial charge in [-0.2, -0.15) is 0 Å². The fourth-order valence-electron chi connectivity index (χ4n) is 3.24. The molecule has 0 aliphatic carbocycles. The molecule has 0 saturated carbocycles. The zero-order valence-corrected chi connectivity index (χ0v) is 14.8. The van der Waals surface area contributed by atoms with Crippen molar-refractivity contribution >= 4 is 16.8 Å². The van der Waals surface area contributed by atoms with Crippen molar-refractivity contribution in [2.45, 2.75) is 38.5 Å². The summed E-state index contributed by atoms with van der Waals surface area (Å²) in [7, 11) is 0. The summed E-state index contributed by atoms with van der Waals surface area (Å²) >= 11 is 0. The molecule has 3 rings (SSSR count). The molecular formula is C18H19F3N2O4. The Labute approximate surface area is 152 Å². The lowest BCUT2D eigenvalue weighted by atomic mass is 9.90. The van der Waals surface area contributed by atoms with E-state index in [9.17, 15) is 33.0 Å². The predicted octanol–water partition coefficient (Wildman–Crippen LogP) is 1.40. The molecule has 1 aliphatic rings. The average Bonchev–Trinajstić information content (AvgIpc) is 2.62. The van der Waals surface area contributed by atoms with E-state index in [1.165, 1.54) is 16.4 Å². The molecule has 2 N–H and O–H groups in total. The number of pyridine rings is 1. The summed E-state index contributed by atoms with van der Waals surface area (Å²) in [5.74, 6) is -5.44. The normalized spacial score (nSPS) is 23.1. The first-order valence-electron chi connectivity index (χ1n) is 8.48. The van der Waals surface area contributed by atoms with Gasteiger partial charge in [-0.05, 0) is 26.3 Å². The van der Waals surface area contributed by atoms with Crippen LogP contribution in [0.2, 0.25) is 0 Å². The van der Waals surface area contributed by atoms with E-state index in [1.54, 1.807) is 6.92 Å². The SMILES string of the molecule is CCn1cc(C(=O)N2CC[C@@](C)(O)[C@@H](O)C2)c(=O)c2cc(F)c(F)c(F)c21. The zero-order valence-electron chi connectivity index (χ0n) is 14.8. The molecule has 0 bridgehead atoms. The highest BCUT2D eigenvalue weighted by atomic mass is 19.2. The van der Waals surface area contributed by atoms with Gasteiger partial charge in [0.1, 0.15) is 5.56 Å². The Hall–Kier alpha value is -2.39. The fraction of sp³-hybridized carbons (Fsp3) is 0.444. The number of carbonyl (C=O) groups excluding carboxylic acids is 1. The lowest BCUT2D eigenvalue weighted by molar-refractivity contribution is -0.0999. The fourth-order valence-corrected chi connectivity index (χ4v) is 3.24. The lowest BCUT2D eigenvalue weighted by Gasteiger charge is -2.39. The molecule has 1 fully saturated rings. The molecule has 2 atom stereocenters. The average molecular weight is 384 g/mol. The Bertz CT molecular complexity index is 987. The number of β-amino-alcohol motifs (C(OH)–C–C–N with tert-alkyl or cyclic N) is 1. The second-order valence-electron chi connectivity index (χ2n) is 6.91. The Morgan fingerprint density at radius 2 is 2.00 bits per heavy atom. The van der Waals surface area contributed by atoms with Crippen LogP contribution in [0.15, 0.2) is 17.1 Å². The smallest absolute Gasteiger partial charge is 0.259 e. The highest BCUT2D eigenvalue weighted by Gasteiger charge is 2.38. The molecule has 0 spiro atoms. The number of piperidine rings is 1. The van der Waals surface area contributed by atoms with Crippen LogP contribution in [0.5, 0.6) is 0 Å². The minimum atomic E-state index is -1.69. The van der Waals surface area contributed by atoms with Crippen molar-refractivity contribution < 1.29 is 28.2 Å². The zero-order chi connectivity index (χ0) is 20.1. The van der Waals surface area contributed by atoms with Gasteiger partial charge in [0.05, 0.1) is 22.6 Å². The standard InChI is InChI=1S/C18H19F3N2O4/c1-3-22-7-10(17(26)23-5-4-18(2,27)12(24)8-23)16(25)9-6-11(19)13(20)14(21)15(9)22/h6-7,12,24,27H,3-5,8H2,1-2H3/t12-,18+/m0/s1. The van der Waals surface area contributed by atoms with Crippen LogP contribution < -0.4 is 5.43 Å². The van der Waals surface area contributed by atoms with Crippen molar-refractivity contribution in [3.8, 4) is 0 Å². The van der Waals surface area contributed by atoms with Crippen molar-refractivity contribution in [1.82, 2.24) is 9.47 Å². The number of hydrogen-bond acceptors (Lipinski definition) is 4. The first kappa shape index (κ1) is 19.4. The number of rotatable bonds is 2. The number of likely N-dealkylation sites (tertiary alicyclic amines) is 1. The topological polar surface area (TPSA) is 82.8 Å². The Morgan fingerprint density at radius 1 is 1.33 bits per heavy atom. The second-order valence-corrected chi connectivity index (χ2v) is 6.91. The summed E-state index contributed by atoms with van der Waals surface area (Å²) < 4.78 is 42.6. The molecule has 0 radical (unpaired) electrons. The Kier molecular flexibility index (Phi) is 4.77. The van der Waals surface area contributed by atoms with Gasteiger partial charge in [0.15, 0.2) is 17.5 Å². The van der Waals surface area contributed by atoms with Crippen LogP contribution in [-0.2, 0) is 6.54 Å². The van der Waals surface area contributed by atoms with Crippen LogP contribution in [-0.4, -0.2) is 50.4 Å². The molecule has 27 heavy (non-hydrogen) atoms. The molecule has 2 aromatic rings. The summed E-state index contributed by atoms with van der Waals surface area (Å²) in [5.41, 5.74) is -3.04. The van der Waals surface area contributed by atoms with Gasteiger partial charge >= 0.3 is 0 Å². The van der Waals surface area contributed by atoms with Crippen molar-refractivity contribution in [1.29, 1.82) is 0 Å². The van der Waals surface area contributed by atoms with Crippen LogP contribution in [0.4, 0.5) is 13.2 Å². The maximum absolute atomic E-state index is 14.2. The molecule has 1 aromatic carbocycles. The van der Waals surface area contributed by atoms with Crippen molar-refractivity contribution in [2.24, 2.45) is 0 Å². The molecule has 1 aliphatic heterocycles. The van der Waals surface area contributed by atoms with Crippen molar-refractivity contribution in [3.05, 3.63) is 45.5 Å². The van der Waals surface area contributed by atoms with Gasteiger partial charge in [-0.25, -0.2) is 13.2 Å². The molecule has 1 saturated heterocycles. The summed E-state index contributed by atoms with van der Waals surface area (Å²) in [5, 5.41) is 19.5. The van der Waals surface area contributed by atoms with E-state index in [0.717, 1.165) is 6.20 Å². The second kappa shape index (κ2) is 6.65. The lowest BCUT2D eigenvalue weighted by Crippen LogP contribution is -2.55. The number of amides is 1. The molecule has 1 amide bonds. The molecule has 146 valence electrons. The molecular weight excluding hydrogens is 365 g/mol. The maximum Gasteiger partial charge on any atom is 0.259 e. The monoisotopic (exact) mass is 384 g/mol. The molecule has 0 unspecified atom stereocenters. The summed E-state index contributed by atoms with van der Waals surface area (Å²) in [6, 6.07) is 0.578. The third kappa shape index (κ3) is 3.10. The van der Waals surface area contributed by atoms with Gasteiger partial charge < -0.3 is 19.7 Å². The number of aromatic nitrogens is 1. The van der Waals surface area contributed by atoms with Gasteiger partial charge in [-0.3, -0.25) is 9.59 Å². The quantitative estimate of drug-likeness (QED) is 0.767. The number of aryl methyl sites for hydroxylation is 1. The van der Waals surface area contributed by atoms with E-state index in [-0.39, 0.29) is 31.6 Å². The minimum absolute atomic E-state index is 0.0959. The number of hydrogen-bond donors (Lipinski definition) is 2. The van der Waals surface area contributed by atoms with Crippen LogP contribution in [0.3, 0.4) is 0 Å². The number of halogens is 3. The summed E-state index contributed by atoms with van der Waals surface area (Å²) in [6.45, 7) is 3.05. The third-order valence-electron chi connectivity index (χ3n) is 5.06. The predicted molar refractivity (Wildman–Crippen MR) is 90.9 cm³/mol. The van der Waals surface area contributed by atoms with E-state index in [4.69, 9.17) is 0 Å². The Balaban J connectivity index is 2.13. The van der Waals surface area contributed by atoms with Crippen LogP contribution in [0.25, 0.3) is 10.9 Å². The van der Waals surface area contributed by atoms with Crippen molar-refractivity contribution in [2.75, 3.05) is 13.1 Å². The summed E-state index contributed by atoms with van der Waals surface area (Å²) in [4.78, 5) is 26.7. The van der Waals surface area contributed by atoms with Crippen LogP contribution >= 0.6 is 0 Å². The largest absolute Gasteiger partial charge is 0.388 e. The van der Waals surface area contributed by atoms with Crippen molar-refractivity contribution in [3.63, 3.8) is 0 Å². The van der Waals surface area contributed by atoms with E-state index in [1.807, 2.05) is 0 Å². The third-order valence-corrected chi connectivity index (χ3v) is 5.06. The van der Waals surface area contributed by atoms with Gasteiger partial charge in [-0.1, -0.05) is 0 Å². The first-order valence-corrected chi connectivity index (χ1v) is 8.48. The number of benzene rings is 1. The van der Waals surface area contributed by atoms with Crippen LogP contribution in [0, 0.1) is 17.5 Å². The number of fused-ring (bicyclic) bond motifs is 1. The van der Waals surface area contributed by atoms with E-state index in [0.29, 0.717) is 6.07 Å². The highest BCUT2D eigenvalue weighted by molar-refractivity contribution is 5.97. The molecule has 1 aromatic heterocycles.